The lowest BCUT2D eigenvalue weighted by Crippen LogP contribution is -2.44. The molecule has 202 valence electrons. The van der Waals surface area contributed by atoms with E-state index in [0.29, 0.717) is 12.8 Å². The van der Waals surface area contributed by atoms with Gasteiger partial charge < -0.3 is 4.74 Å². The third-order valence-corrected chi connectivity index (χ3v) is 9.64. The van der Waals surface area contributed by atoms with Crippen molar-refractivity contribution in [2.75, 3.05) is 11.5 Å². The second-order valence-electron chi connectivity index (χ2n) is 10.8. The van der Waals surface area contributed by atoms with E-state index < -0.39 is 11.7 Å². The van der Waals surface area contributed by atoms with Crippen LogP contribution in [0.1, 0.15) is 72.3 Å². The van der Waals surface area contributed by atoms with Crippen LogP contribution < -0.4 is 0 Å². The molecule has 0 aliphatic carbocycles. The molecule has 2 aromatic carbocycles. The second kappa shape index (κ2) is 14.3. The molecule has 2 unspecified atom stereocenters. The summed E-state index contributed by atoms with van der Waals surface area (Å²) in [5.41, 5.74) is 2.81. The molecule has 0 spiro atoms. The number of nitrogens with zero attached hydrogens (tertiary/aromatic N) is 1. The second-order valence-corrected chi connectivity index (χ2v) is 13.6. The van der Waals surface area contributed by atoms with Gasteiger partial charge in [-0.05, 0) is 74.7 Å². The van der Waals surface area contributed by atoms with Gasteiger partial charge >= 0.3 is 6.09 Å². The molecule has 0 aromatic heterocycles. The molecule has 4 nitrogen and oxygen atoms in total. The molecule has 0 radical (unpaired) electrons. The van der Waals surface area contributed by atoms with Crippen molar-refractivity contribution >= 4 is 35.5 Å². The fourth-order valence-electron chi connectivity index (χ4n) is 4.51. The molecule has 2 atom stereocenters. The SMILES string of the molecule is CCCCSC(SCCCC)C1CC(Cc2ccc(-c3ccccc3)cc2)N(C(=O)OC(C)(C)C)C1=O. The Labute approximate surface area is 232 Å². The minimum atomic E-state index is -0.650. The number of carbonyl (C=O) groups excluding carboxylic acids is 2. The van der Waals surface area contributed by atoms with E-state index >= 15 is 0 Å². The Morgan fingerprint density at radius 3 is 2.05 bits per heavy atom. The number of imide groups is 1. The number of benzene rings is 2. The monoisotopic (exact) mass is 541 g/mol. The summed E-state index contributed by atoms with van der Waals surface area (Å²) in [7, 11) is 0. The third-order valence-electron chi connectivity index (χ3n) is 6.46. The lowest BCUT2D eigenvalue weighted by atomic mass is 9.98. The molecule has 1 fully saturated rings. The molecule has 1 aliphatic heterocycles. The highest BCUT2D eigenvalue weighted by molar-refractivity contribution is 8.17. The van der Waals surface area contributed by atoms with Crippen molar-refractivity contribution in [2.24, 2.45) is 5.92 Å². The first-order valence-electron chi connectivity index (χ1n) is 13.7. The van der Waals surface area contributed by atoms with Crippen LogP contribution in [0, 0.1) is 5.92 Å². The van der Waals surface area contributed by atoms with Crippen LogP contribution in [0.5, 0.6) is 0 Å². The molecule has 6 heteroatoms. The smallest absolute Gasteiger partial charge is 0.417 e. The molecule has 1 heterocycles. The number of hydrogen-bond donors (Lipinski definition) is 0. The van der Waals surface area contributed by atoms with Gasteiger partial charge in [0.2, 0.25) is 5.91 Å². The number of thioether (sulfide) groups is 2. The minimum absolute atomic E-state index is 0.0712. The molecule has 2 amide bonds. The maximum Gasteiger partial charge on any atom is 0.417 e. The van der Waals surface area contributed by atoms with E-state index in [1.807, 2.05) is 62.5 Å². The summed E-state index contributed by atoms with van der Waals surface area (Å²) in [6.07, 6.45) is 5.38. The van der Waals surface area contributed by atoms with Gasteiger partial charge in [0.05, 0.1) is 10.5 Å². The van der Waals surface area contributed by atoms with Crippen LogP contribution in [0.25, 0.3) is 11.1 Å². The van der Waals surface area contributed by atoms with Crippen molar-refractivity contribution in [1.29, 1.82) is 0 Å². The van der Waals surface area contributed by atoms with E-state index in [0.717, 1.165) is 48.3 Å². The highest BCUT2D eigenvalue weighted by atomic mass is 32.2. The van der Waals surface area contributed by atoms with Crippen LogP contribution in [0.3, 0.4) is 0 Å². The van der Waals surface area contributed by atoms with Gasteiger partial charge in [-0.25, -0.2) is 9.69 Å². The molecule has 0 saturated carbocycles. The van der Waals surface area contributed by atoms with Crippen molar-refractivity contribution in [3.8, 4) is 11.1 Å². The van der Waals surface area contributed by atoms with Crippen LogP contribution >= 0.6 is 23.5 Å². The number of likely N-dealkylation sites (tertiary alicyclic amines) is 1. The van der Waals surface area contributed by atoms with Gasteiger partial charge in [0.15, 0.2) is 0 Å². The van der Waals surface area contributed by atoms with E-state index in [2.05, 4.69) is 50.2 Å². The van der Waals surface area contributed by atoms with Gasteiger partial charge in [-0.3, -0.25) is 4.79 Å². The average molecular weight is 542 g/mol. The normalized spacial score (nSPS) is 18.0. The van der Waals surface area contributed by atoms with Crippen molar-refractivity contribution in [1.82, 2.24) is 4.90 Å². The Bertz CT molecular complexity index is 978. The first-order chi connectivity index (χ1) is 17.7. The molecule has 0 bridgehead atoms. The van der Waals surface area contributed by atoms with Gasteiger partial charge in [0.1, 0.15) is 5.60 Å². The van der Waals surface area contributed by atoms with Gasteiger partial charge in [0.25, 0.3) is 0 Å². The fourth-order valence-corrected chi connectivity index (χ4v) is 7.77. The van der Waals surface area contributed by atoms with E-state index in [9.17, 15) is 9.59 Å². The number of unbranched alkanes of at least 4 members (excludes halogenated alkanes) is 2. The van der Waals surface area contributed by atoms with Crippen LogP contribution in [0.2, 0.25) is 0 Å². The van der Waals surface area contributed by atoms with Crippen molar-refractivity contribution < 1.29 is 14.3 Å². The van der Waals surface area contributed by atoms with E-state index in [1.165, 1.54) is 10.5 Å². The average Bonchev–Trinajstić information content (AvgIpc) is 3.18. The molecule has 1 saturated heterocycles. The number of amides is 2. The molecule has 1 aliphatic rings. The Balaban J connectivity index is 1.81. The molecule has 0 N–H and O–H groups in total. The summed E-state index contributed by atoms with van der Waals surface area (Å²) in [4.78, 5) is 28.5. The Morgan fingerprint density at radius 1 is 0.946 bits per heavy atom. The highest BCUT2D eigenvalue weighted by Gasteiger charge is 2.47. The molecule has 2 aromatic rings. The summed E-state index contributed by atoms with van der Waals surface area (Å²) in [6.45, 7) is 9.95. The largest absolute Gasteiger partial charge is 0.443 e. The Morgan fingerprint density at radius 2 is 1.51 bits per heavy atom. The minimum Gasteiger partial charge on any atom is -0.443 e. The highest BCUT2D eigenvalue weighted by Crippen LogP contribution is 2.41. The van der Waals surface area contributed by atoms with E-state index in [-0.39, 0.29) is 22.4 Å². The fraction of sp³-hybridized carbons (Fsp3) is 0.548. The zero-order valence-electron chi connectivity index (χ0n) is 23.1. The Hall–Kier alpha value is -1.92. The summed E-state index contributed by atoms with van der Waals surface area (Å²) >= 11 is 3.79. The quantitative estimate of drug-likeness (QED) is 0.199. The van der Waals surface area contributed by atoms with Crippen LogP contribution in [-0.2, 0) is 16.0 Å². The maximum atomic E-state index is 13.8. The zero-order chi connectivity index (χ0) is 26.8. The summed E-state index contributed by atoms with van der Waals surface area (Å²) in [5, 5.41) is 0. The van der Waals surface area contributed by atoms with Gasteiger partial charge in [-0.2, -0.15) is 0 Å². The summed E-state index contributed by atoms with van der Waals surface area (Å²) in [6, 6.07) is 18.6. The van der Waals surface area contributed by atoms with Crippen LogP contribution in [-0.4, -0.2) is 44.6 Å². The van der Waals surface area contributed by atoms with Crippen LogP contribution in [0.15, 0.2) is 54.6 Å². The van der Waals surface area contributed by atoms with Crippen molar-refractivity contribution in [2.45, 2.75) is 89.4 Å². The predicted molar refractivity (Wildman–Crippen MR) is 159 cm³/mol. The first kappa shape index (κ1) is 29.6. The van der Waals surface area contributed by atoms with Gasteiger partial charge in [-0.1, -0.05) is 81.3 Å². The number of ether oxygens (including phenoxy) is 1. The number of rotatable bonds is 12. The standard InChI is InChI=1S/C31H43NO3S2/c1-6-8-19-36-29(37-20-9-7-2)27-22-26(32(28(27)33)30(34)35-31(3,4)5)21-23-15-17-25(18-16-23)24-13-11-10-12-14-24/h10-18,26-27,29H,6-9,19-22H2,1-5H3. The topological polar surface area (TPSA) is 46.6 Å². The third kappa shape index (κ3) is 8.81. The number of carbonyl (C=O) groups is 2. The molecular weight excluding hydrogens is 498 g/mol. The molecule has 37 heavy (non-hydrogen) atoms. The number of hydrogen-bond acceptors (Lipinski definition) is 5. The summed E-state index contributed by atoms with van der Waals surface area (Å²) in [5.74, 6) is 1.84. The maximum absolute atomic E-state index is 13.8. The lowest BCUT2D eigenvalue weighted by molar-refractivity contribution is -0.130. The van der Waals surface area contributed by atoms with Crippen molar-refractivity contribution in [3.63, 3.8) is 0 Å². The van der Waals surface area contributed by atoms with Crippen molar-refractivity contribution in [3.05, 3.63) is 60.2 Å². The first-order valence-corrected chi connectivity index (χ1v) is 15.8. The van der Waals surface area contributed by atoms with E-state index in [1.54, 1.807) is 0 Å². The molecule has 3 rings (SSSR count). The van der Waals surface area contributed by atoms with Crippen LogP contribution in [0.4, 0.5) is 4.79 Å². The summed E-state index contributed by atoms with van der Waals surface area (Å²) < 4.78 is 5.88. The van der Waals surface area contributed by atoms with Gasteiger partial charge in [-0.15, -0.1) is 23.5 Å². The zero-order valence-corrected chi connectivity index (χ0v) is 24.7. The van der Waals surface area contributed by atoms with E-state index in [4.69, 9.17) is 4.74 Å². The molecular formula is C31H43NO3S2. The Kier molecular flexibility index (Phi) is 11.4. The lowest BCUT2D eigenvalue weighted by Gasteiger charge is -2.27. The van der Waals surface area contributed by atoms with Gasteiger partial charge in [0, 0.05) is 6.04 Å². The predicted octanol–water partition coefficient (Wildman–Crippen LogP) is 8.44.